The molecule has 0 aliphatic rings. The maximum Gasteiger partial charge on any atom is 0.0842 e. The summed E-state index contributed by atoms with van der Waals surface area (Å²) in [5, 5.41) is 19.9. The first kappa shape index (κ1) is 13.2. The van der Waals surface area contributed by atoms with E-state index in [0.29, 0.717) is 6.42 Å². The lowest BCUT2D eigenvalue weighted by molar-refractivity contribution is -0.0187. The molecule has 1 rings (SSSR count). The van der Waals surface area contributed by atoms with E-state index in [1.807, 2.05) is 44.2 Å². The topological polar surface area (TPSA) is 40.5 Å². The maximum atomic E-state index is 9.99. The van der Waals surface area contributed by atoms with E-state index < -0.39 is 12.2 Å². The highest BCUT2D eigenvalue weighted by Crippen LogP contribution is 2.18. The van der Waals surface area contributed by atoms with Gasteiger partial charge in [-0.25, -0.2) is 0 Å². The highest BCUT2D eigenvalue weighted by atomic mass is 16.3. The van der Waals surface area contributed by atoms with Crippen molar-refractivity contribution in [2.75, 3.05) is 0 Å². The van der Waals surface area contributed by atoms with Crippen molar-refractivity contribution in [3.8, 4) is 0 Å². The molecule has 0 aliphatic carbocycles. The van der Waals surface area contributed by atoms with Gasteiger partial charge in [0.2, 0.25) is 0 Å². The van der Waals surface area contributed by atoms with E-state index in [9.17, 15) is 10.2 Å². The first-order valence-corrected chi connectivity index (χ1v) is 6.09. The van der Waals surface area contributed by atoms with Crippen LogP contribution in [0.2, 0.25) is 0 Å². The van der Waals surface area contributed by atoms with Crippen molar-refractivity contribution in [2.45, 2.75) is 45.3 Å². The summed E-state index contributed by atoms with van der Waals surface area (Å²) in [4.78, 5) is 0. The molecule has 16 heavy (non-hydrogen) atoms. The van der Waals surface area contributed by atoms with Gasteiger partial charge in [-0.1, -0.05) is 57.0 Å². The predicted molar refractivity (Wildman–Crippen MR) is 66.2 cm³/mol. The van der Waals surface area contributed by atoms with E-state index in [0.717, 1.165) is 18.4 Å². The normalized spacial score (nSPS) is 15.1. The minimum Gasteiger partial charge on any atom is -0.390 e. The van der Waals surface area contributed by atoms with Gasteiger partial charge in [0.15, 0.2) is 0 Å². The van der Waals surface area contributed by atoms with Crippen molar-refractivity contribution in [2.24, 2.45) is 5.92 Å². The lowest BCUT2D eigenvalue weighted by Crippen LogP contribution is -2.34. The average Bonchev–Trinajstić information content (AvgIpc) is 2.31. The molecule has 0 spiro atoms. The Morgan fingerprint density at radius 1 is 1.00 bits per heavy atom. The zero-order valence-corrected chi connectivity index (χ0v) is 10.1. The van der Waals surface area contributed by atoms with Crippen molar-refractivity contribution in [1.82, 2.24) is 0 Å². The van der Waals surface area contributed by atoms with Crippen molar-refractivity contribution >= 4 is 0 Å². The maximum absolute atomic E-state index is 9.99. The quantitative estimate of drug-likeness (QED) is 0.776. The molecule has 90 valence electrons. The molecule has 0 saturated carbocycles. The summed E-state index contributed by atoms with van der Waals surface area (Å²) in [5.74, 6) is 0.193. The zero-order chi connectivity index (χ0) is 12.0. The Balaban J connectivity index is 2.54. The van der Waals surface area contributed by atoms with Crippen molar-refractivity contribution in [1.29, 1.82) is 0 Å². The van der Waals surface area contributed by atoms with Crippen LogP contribution in [0.5, 0.6) is 0 Å². The molecule has 2 heteroatoms. The van der Waals surface area contributed by atoms with Gasteiger partial charge in [0.25, 0.3) is 0 Å². The largest absolute Gasteiger partial charge is 0.390 e. The first-order chi connectivity index (χ1) is 7.69. The number of aliphatic hydroxyl groups is 2. The van der Waals surface area contributed by atoms with Crippen LogP contribution in [-0.4, -0.2) is 22.4 Å². The molecule has 0 amide bonds. The Kier molecular flexibility index (Phi) is 5.50. The third-order valence-electron chi connectivity index (χ3n) is 3.21. The van der Waals surface area contributed by atoms with E-state index >= 15 is 0 Å². The Hall–Kier alpha value is -0.860. The smallest absolute Gasteiger partial charge is 0.0842 e. The third-order valence-corrected chi connectivity index (χ3v) is 3.21. The Morgan fingerprint density at radius 2 is 1.56 bits per heavy atom. The Bertz CT molecular complexity index is 280. The van der Waals surface area contributed by atoms with E-state index in [2.05, 4.69) is 0 Å². The summed E-state index contributed by atoms with van der Waals surface area (Å²) in [5.41, 5.74) is 1.07. The molecule has 0 aliphatic heterocycles. The van der Waals surface area contributed by atoms with Crippen LogP contribution in [0, 0.1) is 5.92 Å². The van der Waals surface area contributed by atoms with Gasteiger partial charge in [-0.2, -0.15) is 0 Å². The number of benzene rings is 1. The number of hydrogen-bond acceptors (Lipinski definition) is 2. The van der Waals surface area contributed by atoms with Crippen LogP contribution < -0.4 is 0 Å². The summed E-state index contributed by atoms with van der Waals surface area (Å²) in [6.07, 6.45) is 1.06. The number of rotatable bonds is 6. The molecule has 0 aromatic heterocycles. The molecule has 1 aromatic carbocycles. The molecule has 0 fully saturated rings. The summed E-state index contributed by atoms with van der Waals surface area (Å²) >= 11 is 0. The van der Waals surface area contributed by atoms with Crippen LogP contribution in [0.4, 0.5) is 0 Å². The number of aliphatic hydroxyl groups excluding tert-OH is 2. The molecule has 0 saturated heterocycles. The first-order valence-electron chi connectivity index (χ1n) is 6.09. The molecular weight excluding hydrogens is 200 g/mol. The van der Waals surface area contributed by atoms with Gasteiger partial charge in [0.1, 0.15) is 0 Å². The van der Waals surface area contributed by atoms with Gasteiger partial charge < -0.3 is 10.2 Å². The second-order valence-electron chi connectivity index (χ2n) is 4.32. The molecule has 0 heterocycles. The van der Waals surface area contributed by atoms with Crippen molar-refractivity contribution in [3.63, 3.8) is 0 Å². The van der Waals surface area contributed by atoms with Crippen molar-refractivity contribution < 1.29 is 10.2 Å². The SMILES string of the molecule is CCC(CC)C(O)C(O)Cc1ccccc1. The molecule has 1 aromatic rings. The fourth-order valence-electron chi connectivity index (χ4n) is 2.06. The van der Waals surface area contributed by atoms with Crippen LogP contribution in [0.15, 0.2) is 30.3 Å². The summed E-state index contributed by atoms with van der Waals surface area (Å²) in [6.45, 7) is 4.10. The lowest BCUT2D eigenvalue weighted by Gasteiger charge is -2.25. The summed E-state index contributed by atoms with van der Waals surface area (Å²) in [6, 6.07) is 9.80. The molecule has 0 radical (unpaired) electrons. The van der Waals surface area contributed by atoms with Gasteiger partial charge in [-0.15, -0.1) is 0 Å². The molecular formula is C14H22O2. The van der Waals surface area contributed by atoms with E-state index in [4.69, 9.17) is 0 Å². The number of hydrogen-bond donors (Lipinski definition) is 2. The monoisotopic (exact) mass is 222 g/mol. The lowest BCUT2D eigenvalue weighted by atomic mass is 9.90. The Labute approximate surface area is 97.9 Å². The van der Waals surface area contributed by atoms with Gasteiger partial charge in [0, 0.05) is 6.42 Å². The molecule has 2 unspecified atom stereocenters. The molecule has 2 N–H and O–H groups in total. The second kappa shape index (κ2) is 6.66. The van der Waals surface area contributed by atoms with E-state index in [-0.39, 0.29) is 5.92 Å². The van der Waals surface area contributed by atoms with Gasteiger partial charge in [0.05, 0.1) is 12.2 Å². The predicted octanol–water partition coefficient (Wildman–Crippen LogP) is 2.39. The fraction of sp³-hybridized carbons (Fsp3) is 0.571. The van der Waals surface area contributed by atoms with Gasteiger partial charge in [-0.05, 0) is 11.5 Å². The summed E-state index contributed by atoms with van der Waals surface area (Å²) < 4.78 is 0. The van der Waals surface area contributed by atoms with Crippen LogP contribution >= 0.6 is 0 Å². The zero-order valence-electron chi connectivity index (χ0n) is 10.1. The van der Waals surface area contributed by atoms with Crippen LogP contribution in [-0.2, 0) is 6.42 Å². The fourth-order valence-corrected chi connectivity index (χ4v) is 2.06. The highest BCUT2D eigenvalue weighted by Gasteiger charge is 2.23. The second-order valence-corrected chi connectivity index (χ2v) is 4.32. The standard InChI is InChI=1S/C14H22O2/c1-3-12(4-2)14(16)13(15)10-11-8-6-5-7-9-11/h5-9,12-16H,3-4,10H2,1-2H3. The average molecular weight is 222 g/mol. The van der Waals surface area contributed by atoms with Crippen molar-refractivity contribution in [3.05, 3.63) is 35.9 Å². The van der Waals surface area contributed by atoms with Gasteiger partial charge in [-0.3, -0.25) is 0 Å². The van der Waals surface area contributed by atoms with Gasteiger partial charge >= 0.3 is 0 Å². The minimum atomic E-state index is -0.660. The molecule has 2 nitrogen and oxygen atoms in total. The highest BCUT2D eigenvalue weighted by molar-refractivity contribution is 5.15. The van der Waals surface area contributed by atoms with Crippen LogP contribution in [0.1, 0.15) is 32.3 Å². The van der Waals surface area contributed by atoms with Crippen LogP contribution in [0.3, 0.4) is 0 Å². The van der Waals surface area contributed by atoms with E-state index in [1.54, 1.807) is 0 Å². The van der Waals surface area contributed by atoms with E-state index in [1.165, 1.54) is 0 Å². The molecule has 0 bridgehead atoms. The molecule has 2 atom stereocenters. The third kappa shape index (κ3) is 3.62. The summed E-state index contributed by atoms with van der Waals surface area (Å²) in [7, 11) is 0. The Morgan fingerprint density at radius 3 is 2.06 bits per heavy atom. The minimum absolute atomic E-state index is 0.193. The van der Waals surface area contributed by atoms with Crippen LogP contribution in [0.25, 0.3) is 0 Å².